The topological polar surface area (TPSA) is 49.3 Å². The monoisotopic (exact) mass is 294 g/mol. The Hall–Kier alpha value is -1.31. The Morgan fingerprint density at radius 3 is 2.42 bits per heavy atom. The molecule has 1 heterocycles. The predicted molar refractivity (Wildman–Crippen MR) is 70.2 cm³/mol. The van der Waals surface area contributed by atoms with Gasteiger partial charge in [-0.3, -0.25) is 4.99 Å². The molecule has 0 spiro atoms. The Kier molecular flexibility index (Phi) is 4.78. The highest BCUT2D eigenvalue weighted by Gasteiger charge is 2.33. The Morgan fingerprint density at radius 2 is 2.00 bits per heavy atom. The third kappa shape index (κ3) is 5.46. The van der Waals surface area contributed by atoms with E-state index in [1.165, 1.54) is 0 Å². The Bertz CT molecular complexity index is 446. The second-order valence-electron chi connectivity index (χ2n) is 4.93. The van der Waals surface area contributed by atoms with Crippen molar-refractivity contribution in [3.8, 4) is 0 Å². The van der Waals surface area contributed by atoms with Crippen molar-refractivity contribution >= 4 is 17.3 Å². The van der Waals surface area contributed by atoms with Crippen LogP contribution in [0.15, 0.2) is 10.4 Å². The quantitative estimate of drug-likeness (QED) is 0.651. The molecule has 0 fully saturated rings. The van der Waals surface area contributed by atoms with E-state index in [1.807, 2.05) is 20.8 Å². The SMILES string of the molecule is CN=C(NCc1nc(C(F)(F)F)cs1)NC(C)(C)C. The molecule has 2 N–H and O–H groups in total. The van der Waals surface area contributed by atoms with Crippen molar-refractivity contribution in [1.82, 2.24) is 15.6 Å². The maximum Gasteiger partial charge on any atom is 0.434 e. The van der Waals surface area contributed by atoms with Crippen LogP contribution in [0.1, 0.15) is 31.5 Å². The highest BCUT2D eigenvalue weighted by molar-refractivity contribution is 7.09. The summed E-state index contributed by atoms with van der Waals surface area (Å²) < 4.78 is 37.1. The molecule has 0 saturated carbocycles. The average molecular weight is 294 g/mol. The molecule has 0 aliphatic carbocycles. The number of nitrogens with zero attached hydrogens (tertiary/aromatic N) is 2. The van der Waals surface area contributed by atoms with Crippen LogP contribution in [-0.2, 0) is 12.7 Å². The minimum absolute atomic E-state index is 0.179. The summed E-state index contributed by atoms with van der Waals surface area (Å²) in [7, 11) is 1.60. The van der Waals surface area contributed by atoms with E-state index in [0.717, 1.165) is 16.7 Å². The molecular weight excluding hydrogens is 277 g/mol. The molecule has 1 aromatic rings. The molecule has 0 unspecified atom stereocenters. The fraction of sp³-hybridized carbons (Fsp3) is 0.636. The predicted octanol–water partition coefficient (Wildman–Crippen LogP) is 2.63. The maximum atomic E-state index is 12.4. The van der Waals surface area contributed by atoms with Crippen LogP contribution in [0.2, 0.25) is 0 Å². The number of alkyl halides is 3. The number of hydrogen-bond acceptors (Lipinski definition) is 3. The van der Waals surface area contributed by atoms with Crippen molar-refractivity contribution in [2.24, 2.45) is 4.99 Å². The number of aliphatic imine (C=N–C) groups is 1. The van der Waals surface area contributed by atoms with Crippen LogP contribution >= 0.6 is 11.3 Å². The van der Waals surface area contributed by atoms with E-state index >= 15 is 0 Å². The summed E-state index contributed by atoms with van der Waals surface area (Å²) >= 11 is 0.970. The van der Waals surface area contributed by atoms with Crippen molar-refractivity contribution in [3.05, 3.63) is 16.1 Å². The fourth-order valence-electron chi connectivity index (χ4n) is 1.22. The van der Waals surface area contributed by atoms with Crippen molar-refractivity contribution in [3.63, 3.8) is 0 Å². The molecule has 0 aliphatic rings. The average Bonchev–Trinajstić information content (AvgIpc) is 2.70. The molecule has 0 atom stereocenters. The molecule has 108 valence electrons. The van der Waals surface area contributed by atoms with Gasteiger partial charge in [0.25, 0.3) is 0 Å². The molecule has 8 heteroatoms. The van der Waals surface area contributed by atoms with Gasteiger partial charge in [-0.25, -0.2) is 4.98 Å². The number of guanidine groups is 1. The zero-order valence-electron chi connectivity index (χ0n) is 11.2. The van der Waals surface area contributed by atoms with Gasteiger partial charge in [0.1, 0.15) is 5.01 Å². The summed E-state index contributed by atoms with van der Waals surface area (Å²) in [4.78, 5) is 7.53. The van der Waals surface area contributed by atoms with Gasteiger partial charge in [0.05, 0.1) is 6.54 Å². The highest BCUT2D eigenvalue weighted by atomic mass is 32.1. The first-order valence-corrected chi connectivity index (χ1v) is 6.50. The van der Waals surface area contributed by atoms with E-state index in [0.29, 0.717) is 11.0 Å². The van der Waals surface area contributed by atoms with Crippen molar-refractivity contribution in [2.45, 2.75) is 39.0 Å². The van der Waals surface area contributed by atoms with Crippen molar-refractivity contribution < 1.29 is 13.2 Å². The first-order chi connectivity index (χ1) is 8.62. The lowest BCUT2D eigenvalue weighted by molar-refractivity contribution is -0.140. The second-order valence-corrected chi connectivity index (χ2v) is 5.87. The van der Waals surface area contributed by atoms with Crippen LogP contribution in [0.5, 0.6) is 0 Å². The van der Waals surface area contributed by atoms with Gasteiger partial charge in [-0.2, -0.15) is 13.2 Å². The number of aromatic nitrogens is 1. The normalized spacial score (nSPS) is 13.5. The van der Waals surface area contributed by atoms with E-state index in [2.05, 4.69) is 20.6 Å². The Morgan fingerprint density at radius 1 is 1.37 bits per heavy atom. The molecule has 0 amide bonds. The first kappa shape index (κ1) is 15.7. The number of nitrogens with one attached hydrogen (secondary N) is 2. The molecule has 19 heavy (non-hydrogen) atoms. The number of thiazole rings is 1. The summed E-state index contributed by atoms with van der Waals surface area (Å²) in [5, 5.41) is 7.41. The zero-order valence-corrected chi connectivity index (χ0v) is 12.0. The van der Waals surface area contributed by atoms with Crippen molar-refractivity contribution in [1.29, 1.82) is 0 Å². The summed E-state index contributed by atoms with van der Waals surface area (Å²) in [6, 6.07) is 0. The number of hydrogen-bond donors (Lipinski definition) is 2. The van der Waals surface area contributed by atoms with Gasteiger partial charge in [-0.05, 0) is 20.8 Å². The maximum absolute atomic E-state index is 12.4. The molecule has 0 radical (unpaired) electrons. The van der Waals surface area contributed by atoms with Gasteiger partial charge in [-0.1, -0.05) is 0 Å². The summed E-state index contributed by atoms with van der Waals surface area (Å²) in [6.07, 6.45) is -4.39. The number of halogens is 3. The van der Waals surface area contributed by atoms with Gasteiger partial charge in [0.15, 0.2) is 11.7 Å². The van der Waals surface area contributed by atoms with Gasteiger partial charge in [0, 0.05) is 18.0 Å². The zero-order chi connectivity index (χ0) is 14.7. The lowest BCUT2D eigenvalue weighted by Gasteiger charge is -2.23. The van der Waals surface area contributed by atoms with Crippen LogP contribution in [-0.4, -0.2) is 23.5 Å². The Labute approximate surface area is 114 Å². The minimum Gasteiger partial charge on any atom is -0.352 e. The third-order valence-electron chi connectivity index (χ3n) is 1.97. The van der Waals surface area contributed by atoms with Crippen LogP contribution in [0.25, 0.3) is 0 Å². The van der Waals surface area contributed by atoms with E-state index < -0.39 is 11.9 Å². The van der Waals surface area contributed by atoms with Crippen LogP contribution in [0.4, 0.5) is 13.2 Å². The molecule has 0 aromatic carbocycles. The molecule has 1 rings (SSSR count). The fourth-order valence-corrected chi connectivity index (χ4v) is 1.96. The molecule has 4 nitrogen and oxygen atoms in total. The van der Waals surface area contributed by atoms with Gasteiger partial charge >= 0.3 is 6.18 Å². The lowest BCUT2D eigenvalue weighted by Crippen LogP contribution is -2.47. The van der Waals surface area contributed by atoms with E-state index in [1.54, 1.807) is 7.05 Å². The first-order valence-electron chi connectivity index (χ1n) is 5.62. The Balaban J connectivity index is 2.59. The molecule has 0 saturated heterocycles. The summed E-state index contributed by atoms with van der Waals surface area (Å²) in [5.41, 5.74) is -1.03. The van der Waals surface area contributed by atoms with Crippen molar-refractivity contribution in [2.75, 3.05) is 7.05 Å². The summed E-state index contributed by atoms with van der Waals surface area (Å²) in [5.74, 6) is 0.524. The standard InChI is InChI=1S/C11H17F3N4S/c1-10(2,3)18-9(15-4)16-5-8-17-7(6-19-8)11(12,13)14/h6H,5H2,1-4H3,(H2,15,16,18). The van der Waals surface area contributed by atoms with Gasteiger partial charge in [-0.15, -0.1) is 11.3 Å². The number of rotatable bonds is 2. The van der Waals surface area contributed by atoms with Crippen LogP contribution < -0.4 is 10.6 Å². The van der Waals surface area contributed by atoms with E-state index in [-0.39, 0.29) is 12.1 Å². The minimum atomic E-state index is -4.39. The second kappa shape index (κ2) is 5.77. The van der Waals surface area contributed by atoms with Gasteiger partial charge < -0.3 is 10.6 Å². The van der Waals surface area contributed by atoms with Crippen LogP contribution in [0, 0.1) is 0 Å². The smallest absolute Gasteiger partial charge is 0.352 e. The highest BCUT2D eigenvalue weighted by Crippen LogP contribution is 2.29. The molecule has 1 aromatic heterocycles. The van der Waals surface area contributed by atoms with Crippen LogP contribution in [0.3, 0.4) is 0 Å². The van der Waals surface area contributed by atoms with Gasteiger partial charge in [0.2, 0.25) is 0 Å². The lowest BCUT2D eigenvalue weighted by atomic mass is 10.1. The molecular formula is C11H17F3N4S. The largest absolute Gasteiger partial charge is 0.434 e. The van der Waals surface area contributed by atoms with E-state index in [9.17, 15) is 13.2 Å². The summed E-state index contributed by atoms with van der Waals surface area (Å²) in [6.45, 7) is 6.09. The molecule has 0 bridgehead atoms. The van der Waals surface area contributed by atoms with E-state index in [4.69, 9.17) is 0 Å². The molecule has 0 aliphatic heterocycles. The third-order valence-corrected chi connectivity index (χ3v) is 2.82.